The van der Waals surface area contributed by atoms with E-state index in [-0.39, 0.29) is 11.9 Å². The van der Waals surface area contributed by atoms with Gasteiger partial charge in [-0.25, -0.2) is 0 Å². The maximum Gasteiger partial charge on any atom is 0.219 e. The number of halogens is 1. The molecule has 2 aromatic carbocycles. The molecule has 148 valence electrons. The Kier molecular flexibility index (Phi) is 5.35. The van der Waals surface area contributed by atoms with Crippen LogP contribution in [-0.4, -0.2) is 42.5 Å². The summed E-state index contributed by atoms with van der Waals surface area (Å²) >= 11 is 6.16. The summed E-state index contributed by atoms with van der Waals surface area (Å²) < 4.78 is 5.36. The average molecular weight is 399 g/mol. The maximum atomic E-state index is 12.3. The SMILES string of the molecule is COc1cc(CN2C[C@@H]3CN(C(C)=O)[C@@H](c4ccccc4C)[C@@H]3C2)ccc1Cl. The molecule has 0 saturated carbocycles. The Hall–Kier alpha value is -2.04. The first-order chi connectivity index (χ1) is 13.5. The summed E-state index contributed by atoms with van der Waals surface area (Å²) in [5.41, 5.74) is 3.76. The van der Waals surface area contributed by atoms with Gasteiger partial charge in [-0.2, -0.15) is 0 Å². The molecule has 0 spiro atoms. The number of rotatable bonds is 4. The lowest BCUT2D eigenvalue weighted by molar-refractivity contribution is -0.130. The van der Waals surface area contributed by atoms with Crippen LogP contribution >= 0.6 is 11.6 Å². The van der Waals surface area contributed by atoms with E-state index in [1.807, 2.05) is 12.1 Å². The van der Waals surface area contributed by atoms with Gasteiger partial charge >= 0.3 is 0 Å². The minimum atomic E-state index is 0.174. The summed E-state index contributed by atoms with van der Waals surface area (Å²) in [6.45, 7) is 7.58. The zero-order valence-electron chi connectivity index (χ0n) is 16.7. The van der Waals surface area contributed by atoms with Gasteiger partial charge in [0.25, 0.3) is 0 Å². The number of benzene rings is 2. The summed E-state index contributed by atoms with van der Waals surface area (Å²) in [6, 6.07) is 14.7. The average Bonchev–Trinajstić information content (AvgIpc) is 3.21. The molecular weight excluding hydrogens is 372 g/mol. The van der Waals surface area contributed by atoms with Crippen molar-refractivity contribution in [1.29, 1.82) is 0 Å². The van der Waals surface area contributed by atoms with Crippen molar-refractivity contribution in [3.8, 4) is 5.75 Å². The predicted molar refractivity (Wildman–Crippen MR) is 112 cm³/mol. The Bertz CT molecular complexity index is 885. The van der Waals surface area contributed by atoms with E-state index in [0.29, 0.717) is 16.9 Å². The molecule has 1 amide bonds. The van der Waals surface area contributed by atoms with Crippen LogP contribution < -0.4 is 4.74 Å². The Morgan fingerprint density at radius 1 is 1.18 bits per heavy atom. The third-order valence-corrected chi connectivity index (χ3v) is 6.59. The van der Waals surface area contributed by atoms with Crippen LogP contribution in [0, 0.1) is 18.8 Å². The van der Waals surface area contributed by atoms with Crippen LogP contribution in [0.25, 0.3) is 0 Å². The number of ether oxygens (including phenoxy) is 1. The molecular formula is C23H27ClN2O2. The summed E-state index contributed by atoms with van der Waals surface area (Å²) in [4.78, 5) is 16.9. The van der Waals surface area contributed by atoms with Gasteiger partial charge in [-0.3, -0.25) is 9.69 Å². The van der Waals surface area contributed by atoms with E-state index in [4.69, 9.17) is 16.3 Å². The topological polar surface area (TPSA) is 32.8 Å². The van der Waals surface area contributed by atoms with Crippen molar-refractivity contribution < 1.29 is 9.53 Å². The summed E-state index contributed by atoms with van der Waals surface area (Å²) in [6.07, 6.45) is 0. The number of methoxy groups -OCH3 is 1. The molecule has 0 aliphatic carbocycles. The number of hydrogen-bond donors (Lipinski definition) is 0. The molecule has 4 nitrogen and oxygen atoms in total. The molecule has 2 aromatic rings. The molecule has 0 unspecified atom stereocenters. The molecule has 28 heavy (non-hydrogen) atoms. The van der Waals surface area contributed by atoms with Gasteiger partial charge in [0.05, 0.1) is 18.2 Å². The third-order valence-electron chi connectivity index (χ3n) is 6.27. The van der Waals surface area contributed by atoms with Crippen LogP contribution in [-0.2, 0) is 11.3 Å². The van der Waals surface area contributed by atoms with E-state index in [2.05, 4.69) is 47.1 Å². The number of amides is 1. The highest BCUT2D eigenvalue weighted by atomic mass is 35.5. The number of aryl methyl sites for hydroxylation is 1. The highest BCUT2D eigenvalue weighted by molar-refractivity contribution is 6.32. The van der Waals surface area contributed by atoms with Crippen molar-refractivity contribution in [2.45, 2.75) is 26.4 Å². The van der Waals surface area contributed by atoms with Gasteiger partial charge in [-0.05, 0) is 41.7 Å². The summed E-state index contributed by atoms with van der Waals surface area (Å²) in [5.74, 6) is 1.89. The predicted octanol–water partition coefficient (Wildman–Crippen LogP) is 4.31. The largest absolute Gasteiger partial charge is 0.495 e. The highest BCUT2D eigenvalue weighted by Gasteiger charge is 2.48. The monoisotopic (exact) mass is 398 g/mol. The molecule has 2 heterocycles. The van der Waals surface area contributed by atoms with E-state index in [1.54, 1.807) is 14.0 Å². The molecule has 2 aliphatic heterocycles. The molecule has 0 aromatic heterocycles. The van der Waals surface area contributed by atoms with Crippen LogP contribution in [0.3, 0.4) is 0 Å². The Balaban J connectivity index is 1.55. The van der Waals surface area contributed by atoms with Crippen LogP contribution in [0.2, 0.25) is 5.02 Å². The molecule has 5 heteroatoms. The van der Waals surface area contributed by atoms with Gasteiger partial charge in [0.15, 0.2) is 0 Å². The fourth-order valence-corrected chi connectivity index (χ4v) is 5.16. The zero-order valence-corrected chi connectivity index (χ0v) is 17.4. The quantitative estimate of drug-likeness (QED) is 0.769. The standard InChI is InChI=1S/C23H27ClN2O2/c1-15-6-4-5-7-19(15)23-20-14-25(12-18(20)13-26(23)16(2)27)11-17-8-9-21(24)22(10-17)28-3/h4-10,18,20,23H,11-14H2,1-3H3/t18-,20-,23+/m1/s1. The molecule has 0 radical (unpaired) electrons. The second-order valence-electron chi connectivity index (χ2n) is 8.06. The van der Waals surface area contributed by atoms with Gasteiger partial charge < -0.3 is 9.64 Å². The van der Waals surface area contributed by atoms with Gasteiger partial charge in [0.1, 0.15) is 5.75 Å². The van der Waals surface area contributed by atoms with Crippen LogP contribution in [0.15, 0.2) is 42.5 Å². The molecule has 2 saturated heterocycles. The lowest BCUT2D eigenvalue weighted by Gasteiger charge is -2.30. The minimum Gasteiger partial charge on any atom is -0.495 e. The fraction of sp³-hybridized carbons (Fsp3) is 0.435. The normalized spacial score (nSPS) is 24.4. The van der Waals surface area contributed by atoms with E-state index < -0.39 is 0 Å². The van der Waals surface area contributed by atoms with Gasteiger partial charge in [0, 0.05) is 39.0 Å². The summed E-state index contributed by atoms with van der Waals surface area (Å²) in [7, 11) is 1.65. The number of carbonyl (C=O) groups is 1. The Morgan fingerprint density at radius 3 is 2.68 bits per heavy atom. The van der Waals surface area contributed by atoms with Crippen LogP contribution in [0.1, 0.15) is 29.7 Å². The van der Waals surface area contributed by atoms with Crippen molar-refractivity contribution >= 4 is 17.5 Å². The number of hydrogen-bond acceptors (Lipinski definition) is 3. The molecule has 0 N–H and O–H groups in total. The van der Waals surface area contributed by atoms with E-state index in [1.165, 1.54) is 16.7 Å². The summed E-state index contributed by atoms with van der Waals surface area (Å²) in [5, 5.41) is 0.640. The van der Waals surface area contributed by atoms with Gasteiger partial charge in [-0.1, -0.05) is 41.9 Å². The van der Waals surface area contributed by atoms with Crippen LogP contribution in [0.5, 0.6) is 5.75 Å². The van der Waals surface area contributed by atoms with Crippen LogP contribution in [0.4, 0.5) is 0 Å². The maximum absolute atomic E-state index is 12.3. The molecule has 4 rings (SSSR count). The smallest absolute Gasteiger partial charge is 0.219 e. The van der Waals surface area contributed by atoms with Crippen molar-refractivity contribution in [1.82, 2.24) is 9.80 Å². The zero-order chi connectivity index (χ0) is 19.8. The molecule has 0 bridgehead atoms. The van der Waals surface area contributed by atoms with E-state index in [0.717, 1.165) is 31.9 Å². The van der Waals surface area contributed by atoms with Crippen molar-refractivity contribution in [3.63, 3.8) is 0 Å². The highest BCUT2D eigenvalue weighted by Crippen LogP contribution is 2.46. The first kappa shape index (κ1) is 19.3. The van der Waals surface area contributed by atoms with Crippen molar-refractivity contribution in [3.05, 3.63) is 64.2 Å². The Morgan fingerprint density at radius 2 is 1.96 bits per heavy atom. The van der Waals surface area contributed by atoms with Crippen molar-refractivity contribution in [2.24, 2.45) is 11.8 Å². The van der Waals surface area contributed by atoms with Gasteiger partial charge in [0.2, 0.25) is 5.91 Å². The first-order valence-corrected chi connectivity index (χ1v) is 10.2. The molecule has 2 fully saturated rings. The third kappa shape index (κ3) is 3.51. The second-order valence-corrected chi connectivity index (χ2v) is 8.47. The number of fused-ring (bicyclic) bond motifs is 1. The number of nitrogens with zero attached hydrogens (tertiary/aromatic N) is 2. The minimum absolute atomic E-state index is 0.174. The molecule has 2 aliphatic rings. The Labute approximate surface area is 172 Å². The molecule has 3 atom stereocenters. The number of likely N-dealkylation sites (tertiary alicyclic amines) is 2. The van der Waals surface area contributed by atoms with E-state index in [9.17, 15) is 4.79 Å². The number of carbonyl (C=O) groups excluding carboxylic acids is 1. The van der Waals surface area contributed by atoms with E-state index >= 15 is 0 Å². The second kappa shape index (κ2) is 7.76. The fourth-order valence-electron chi connectivity index (χ4n) is 4.97. The lowest BCUT2D eigenvalue weighted by atomic mass is 9.87. The van der Waals surface area contributed by atoms with Crippen molar-refractivity contribution in [2.75, 3.05) is 26.7 Å². The van der Waals surface area contributed by atoms with Gasteiger partial charge in [-0.15, -0.1) is 0 Å². The first-order valence-electron chi connectivity index (χ1n) is 9.85. The lowest BCUT2D eigenvalue weighted by Crippen LogP contribution is -2.34.